The maximum atomic E-state index is 10.3. The fourth-order valence-electron chi connectivity index (χ4n) is 1.74. The van der Waals surface area contributed by atoms with Gasteiger partial charge in [-0.3, -0.25) is 4.21 Å². The first-order chi connectivity index (χ1) is 6.79. The molecule has 0 aromatic carbocycles. The van der Waals surface area contributed by atoms with Crippen LogP contribution in [0.15, 0.2) is 0 Å². The van der Waals surface area contributed by atoms with Crippen LogP contribution in [0.4, 0.5) is 0 Å². The Hall–Kier alpha value is 0.0300. The van der Waals surface area contributed by atoms with Crippen molar-refractivity contribution in [3.63, 3.8) is 0 Å². The highest BCUT2D eigenvalue weighted by Gasteiger charge is 2.09. The summed E-state index contributed by atoms with van der Waals surface area (Å²) in [6.45, 7) is 2.75. The molecule has 1 aliphatic heterocycles. The van der Waals surface area contributed by atoms with Crippen LogP contribution < -0.4 is 10.6 Å². The van der Waals surface area contributed by atoms with Crippen molar-refractivity contribution in [2.75, 3.05) is 25.4 Å². The first kappa shape index (κ1) is 12.1. The third-order valence-corrected chi connectivity index (χ3v) is 3.06. The molecule has 1 rings (SSSR count). The average molecular weight is 219 g/mol. The summed E-state index contributed by atoms with van der Waals surface area (Å²) in [4.78, 5) is 0. The molecule has 2 unspecified atom stereocenters. The molecule has 2 atom stereocenters. The molecule has 0 radical (unpaired) electrons. The predicted molar refractivity (Wildman–Crippen MR) is 56.9 cm³/mol. The molecule has 2 N–H and O–H groups in total. The predicted octanol–water partition coefficient (Wildman–Crippen LogP) is -0.0127. The van der Waals surface area contributed by atoms with Gasteiger partial charge in [0.15, 0.2) is 0 Å². The van der Waals surface area contributed by atoms with Crippen molar-refractivity contribution in [3.8, 4) is 0 Å². The summed E-state index contributed by atoms with van der Waals surface area (Å²) in [5.74, 6) is 0.226. The Morgan fingerprint density at radius 3 is 3.00 bits per heavy atom. The van der Waals surface area contributed by atoms with Crippen LogP contribution in [0.2, 0.25) is 0 Å². The van der Waals surface area contributed by atoms with E-state index in [1.165, 1.54) is 19.3 Å². The largest absolute Gasteiger partial charge is 0.772 e. The normalized spacial score (nSPS) is 26.5. The van der Waals surface area contributed by atoms with Crippen LogP contribution in [-0.2, 0) is 11.1 Å². The Balaban J connectivity index is 2.10. The first-order valence-corrected chi connectivity index (χ1v) is 6.53. The van der Waals surface area contributed by atoms with Gasteiger partial charge in [0.25, 0.3) is 0 Å². The zero-order valence-electron chi connectivity index (χ0n) is 8.46. The van der Waals surface area contributed by atoms with Crippen LogP contribution in [0, 0.1) is 0 Å². The highest BCUT2D eigenvalue weighted by Crippen LogP contribution is 2.06. The highest BCUT2D eigenvalue weighted by atomic mass is 32.2. The average Bonchev–Trinajstić information content (AvgIpc) is 2.07. The second-order valence-corrected chi connectivity index (χ2v) is 4.71. The van der Waals surface area contributed by atoms with Gasteiger partial charge in [0, 0.05) is 18.3 Å². The maximum absolute atomic E-state index is 10.3. The van der Waals surface area contributed by atoms with E-state index in [-0.39, 0.29) is 5.75 Å². The van der Waals surface area contributed by atoms with Crippen LogP contribution >= 0.6 is 0 Å². The van der Waals surface area contributed by atoms with Crippen molar-refractivity contribution in [1.29, 1.82) is 0 Å². The van der Waals surface area contributed by atoms with E-state index in [0.29, 0.717) is 12.6 Å². The van der Waals surface area contributed by atoms with Crippen LogP contribution in [0.25, 0.3) is 0 Å². The Kier molecular flexibility index (Phi) is 6.34. The molecule has 14 heavy (non-hydrogen) atoms. The molecule has 0 spiro atoms. The number of nitrogens with one attached hydrogen (secondary N) is 2. The third-order valence-electron chi connectivity index (χ3n) is 2.53. The van der Waals surface area contributed by atoms with E-state index in [1.54, 1.807) is 0 Å². The number of rotatable bonds is 4. The van der Waals surface area contributed by atoms with E-state index < -0.39 is 11.1 Å². The Morgan fingerprint density at radius 1 is 1.36 bits per heavy atom. The summed E-state index contributed by atoms with van der Waals surface area (Å²) >= 11 is -1.91. The van der Waals surface area contributed by atoms with Gasteiger partial charge < -0.3 is 15.2 Å². The molecule has 0 bridgehead atoms. The van der Waals surface area contributed by atoms with Gasteiger partial charge in [0.05, 0.1) is 0 Å². The zero-order chi connectivity index (χ0) is 10.2. The molecule has 0 aliphatic carbocycles. The lowest BCUT2D eigenvalue weighted by Gasteiger charge is -2.21. The molecule has 4 nitrogen and oxygen atoms in total. The summed E-state index contributed by atoms with van der Waals surface area (Å²) in [7, 11) is 0. The molecule has 84 valence electrons. The zero-order valence-corrected chi connectivity index (χ0v) is 9.28. The van der Waals surface area contributed by atoms with Crippen molar-refractivity contribution in [3.05, 3.63) is 0 Å². The minimum Gasteiger partial charge on any atom is -0.772 e. The van der Waals surface area contributed by atoms with E-state index in [1.807, 2.05) is 0 Å². The summed E-state index contributed by atoms with van der Waals surface area (Å²) in [5, 5.41) is 6.64. The van der Waals surface area contributed by atoms with Crippen LogP contribution in [-0.4, -0.2) is 40.2 Å². The third kappa shape index (κ3) is 5.70. The van der Waals surface area contributed by atoms with Gasteiger partial charge in [-0.15, -0.1) is 0 Å². The van der Waals surface area contributed by atoms with E-state index in [0.717, 1.165) is 19.5 Å². The SMILES string of the molecule is O=S([O-])CCNC1CCCCNCC1. The summed E-state index contributed by atoms with van der Waals surface area (Å²) in [6, 6.07) is 0.492. The number of hydrogen-bond donors (Lipinski definition) is 2. The smallest absolute Gasteiger partial charge is 0.0227 e. The van der Waals surface area contributed by atoms with Gasteiger partial charge in [-0.2, -0.15) is 0 Å². The van der Waals surface area contributed by atoms with E-state index in [9.17, 15) is 8.76 Å². The molecule has 1 fully saturated rings. The molecule has 0 amide bonds. The molecule has 5 heteroatoms. The van der Waals surface area contributed by atoms with Crippen LogP contribution in [0.5, 0.6) is 0 Å². The first-order valence-electron chi connectivity index (χ1n) is 5.29. The fraction of sp³-hybridized carbons (Fsp3) is 1.00. The van der Waals surface area contributed by atoms with E-state index in [4.69, 9.17) is 0 Å². The lowest BCUT2D eigenvalue weighted by atomic mass is 10.0. The second-order valence-electron chi connectivity index (χ2n) is 3.69. The van der Waals surface area contributed by atoms with Crippen molar-refractivity contribution >= 4 is 11.1 Å². The second kappa shape index (κ2) is 7.34. The minimum absolute atomic E-state index is 0.226. The fourth-order valence-corrected chi connectivity index (χ4v) is 2.02. The molecule has 0 aromatic heterocycles. The number of hydrogen-bond acceptors (Lipinski definition) is 4. The molecule has 0 saturated carbocycles. The van der Waals surface area contributed by atoms with Crippen molar-refractivity contribution in [1.82, 2.24) is 10.6 Å². The Bertz CT molecular complexity index is 170. The molecule has 1 aliphatic rings. The van der Waals surface area contributed by atoms with Crippen molar-refractivity contribution in [2.45, 2.75) is 31.7 Å². The summed E-state index contributed by atoms with van der Waals surface area (Å²) in [6.07, 6.45) is 4.73. The maximum Gasteiger partial charge on any atom is 0.0227 e. The van der Waals surface area contributed by atoms with Crippen LogP contribution in [0.3, 0.4) is 0 Å². The monoisotopic (exact) mass is 219 g/mol. The summed E-state index contributed by atoms with van der Waals surface area (Å²) < 4.78 is 20.6. The van der Waals surface area contributed by atoms with Crippen molar-refractivity contribution < 1.29 is 8.76 Å². The Labute approximate surface area is 88.1 Å². The molecular weight excluding hydrogens is 200 g/mol. The van der Waals surface area contributed by atoms with Gasteiger partial charge >= 0.3 is 0 Å². The lowest BCUT2D eigenvalue weighted by molar-refractivity contribution is 0.405. The van der Waals surface area contributed by atoms with Gasteiger partial charge in [0.2, 0.25) is 0 Å². The highest BCUT2D eigenvalue weighted by molar-refractivity contribution is 7.79. The molecular formula is C9H19N2O2S-. The minimum atomic E-state index is -1.91. The van der Waals surface area contributed by atoms with Crippen molar-refractivity contribution in [2.24, 2.45) is 0 Å². The van der Waals surface area contributed by atoms with Gasteiger partial charge in [-0.05, 0) is 32.4 Å². The standard InChI is InChI=1S/C9H20N2O2S/c12-14(13)8-7-11-9-3-1-2-5-10-6-4-9/h9-11H,1-8H2,(H,12,13)/p-1. The van der Waals surface area contributed by atoms with E-state index in [2.05, 4.69) is 10.6 Å². The Morgan fingerprint density at radius 2 is 2.21 bits per heavy atom. The molecule has 1 heterocycles. The lowest BCUT2D eigenvalue weighted by Crippen LogP contribution is -2.36. The van der Waals surface area contributed by atoms with Gasteiger partial charge in [-0.25, -0.2) is 0 Å². The molecule has 1 saturated heterocycles. The summed E-state index contributed by atoms with van der Waals surface area (Å²) in [5.41, 5.74) is 0. The molecule has 0 aromatic rings. The van der Waals surface area contributed by atoms with Gasteiger partial charge in [-0.1, -0.05) is 17.5 Å². The quantitative estimate of drug-likeness (QED) is 0.653. The topological polar surface area (TPSA) is 64.2 Å². The van der Waals surface area contributed by atoms with Gasteiger partial charge in [0.1, 0.15) is 0 Å². The van der Waals surface area contributed by atoms with Crippen LogP contribution in [0.1, 0.15) is 25.7 Å². The van der Waals surface area contributed by atoms with E-state index >= 15 is 0 Å².